The first kappa shape index (κ1) is 44.8. The minimum Gasteiger partial charge on any atom is -0.508 e. The zero-order valence-electron chi connectivity index (χ0n) is 27.9. The van der Waals surface area contributed by atoms with Gasteiger partial charge in [0.15, 0.2) is 5.75 Å². The highest BCUT2D eigenvalue weighted by Crippen LogP contribution is 2.33. The van der Waals surface area contributed by atoms with Gasteiger partial charge < -0.3 is 45.8 Å². The molecule has 53 heavy (non-hydrogen) atoms. The molecule has 0 saturated heterocycles. The van der Waals surface area contributed by atoms with Gasteiger partial charge in [-0.25, -0.2) is 4.79 Å². The van der Waals surface area contributed by atoms with Gasteiger partial charge in [-0.05, 0) is 93.6 Å². The van der Waals surface area contributed by atoms with Gasteiger partial charge in [0.2, 0.25) is 5.91 Å². The highest BCUT2D eigenvalue weighted by molar-refractivity contribution is 14.1. The molecule has 2 atom stereocenters. The van der Waals surface area contributed by atoms with Gasteiger partial charge in [0.1, 0.15) is 23.6 Å². The molecule has 0 radical (unpaired) electrons. The Kier molecular flexibility index (Phi) is 18.6. The molecule has 2 aromatic carbocycles. The molecule has 0 aliphatic heterocycles. The van der Waals surface area contributed by atoms with Crippen molar-refractivity contribution >= 4 is 86.9 Å². The van der Waals surface area contributed by atoms with Crippen LogP contribution in [0.15, 0.2) is 36.4 Å². The van der Waals surface area contributed by atoms with E-state index in [4.69, 9.17) is 4.74 Å². The van der Waals surface area contributed by atoms with Crippen molar-refractivity contribution in [1.82, 2.24) is 20.0 Å². The monoisotopic (exact) mass is 972 g/mol. The first-order valence-electron chi connectivity index (χ1n) is 15.6. The van der Waals surface area contributed by atoms with E-state index in [9.17, 15) is 69.3 Å². The van der Waals surface area contributed by atoms with E-state index < -0.39 is 92.8 Å². The van der Waals surface area contributed by atoms with Crippen LogP contribution >= 0.6 is 45.2 Å². The number of carbonyl (C=O) groups is 7. The minimum absolute atomic E-state index is 0.0595. The SMILES string of the molecule is O=C(O)CN(CCN(CCN(CC(=O)O)CC(=O)O)C(CCC(=O)N[C@@H](Cc1cc(I)c(Oc2ccc(O)cc2)c(I)c1)C(=O)O)C(=O)O)CC(=O)O. The van der Waals surface area contributed by atoms with Gasteiger partial charge in [0.25, 0.3) is 0 Å². The summed E-state index contributed by atoms with van der Waals surface area (Å²) >= 11 is 4.03. The summed E-state index contributed by atoms with van der Waals surface area (Å²) < 4.78 is 7.18. The molecule has 2 rings (SSSR count). The van der Waals surface area contributed by atoms with E-state index in [1.54, 1.807) is 24.3 Å². The van der Waals surface area contributed by atoms with Crippen LogP contribution in [0.1, 0.15) is 18.4 Å². The number of phenolic OH excluding ortho intramolecular Hbond substituents is 1. The molecule has 0 aromatic heterocycles. The number of amides is 1. The van der Waals surface area contributed by atoms with Gasteiger partial charge >= 0.3 is 35.8 Å². The van der Waals surface area contributed by atoms with Crippen LogP contribution in [0.4, 0.5) is 0 Å². The summed E-state index contributed by atoms with van der Waals surface area (Å²) in [4.78, 5) is 86.1. The number of phenols is 1. The maximum atomic E-state index is 13.0. The summed E-state index contributed by atoms with van der Waals surface area (Å²) in [6.45, 7) is -3.89. The van der Waals surface area contributed by atoms with Crippen molar-refractivity contribution in [3.8, 4) is 17.2 Å². The Balaban J connectivity index is 2.21. The van der Waals surface area contributed by atoms with Crippen molar-refractivity contribution in [3.63, 3.8) is 0 Å². The molecule has 0 bridgehead atoms. The van der Waals surface area contributed by atoms with Crippen LogP contribution in [0, 0.1) is 7.14 Å². The van der Waals surface area contributed by atoms with Gasteiger partial charge in [-0.1, -0.05) is 0 Å². The van der Waals surface area contributed by atoms with Crippen LogP contribution in [0.3, 0.4) is 0 Å². The zero-order valence-corrected chi connectivity index (χ0v) is 32.2. The molecule has 1 amide bonds. The van der Waals surface area contributed by atoms with E-state index >= 15 is 0 Å². The second-order valence-corrected chi connectivity index (χ2v) is 13.9. The average molecular weight is 972 g/mol. The molecule has 8 N–H and O–H groups in total. The van der Waals surface area contributed by atoms with E-state index in [1.807, 2.05) is 45.2 Å². The van der Waals surface area contributed by atoms with E-state index in [0.29, 0.717) is 24.2 Å². The number of carbonyl (C=O) groups excluding carboxylic acids is 1. The lowest BCUT2D eigenvalue weighted by Gasteiger charge is -2.32. The van der Waals surface area contributed by atoms with E-state index in [-0.39, 0.29) is 38.3 Å². The Morgan fingerprint density at radius 3 is 1.53 bits per heavy atom. The first-order chi connectivity index (χ1) is 24.8. The fourth-order valence-corrected chi connectivity index (χ4v) is 7.17. The molecule has 0 aliphatic rings. The third-order valence-corrected chi connectivity index (χ3v) is 9.00. The van der Waals surface area contributed by atoms with Crippen LogP contribution in [-0.4, -0.2) is 157 Å². The summed E-state index contributed by atoms with van der Waals surface area (Å²) in [5, 5.41) is 68.7. The van der Waals surface area contributed by atoms with Crippen molar-refractivity contribution in [3.05, 3.63) is 49.1 Å². The number of nitrogens with one attached hydrogen (secondary N) is 1. The highest BCUT2D eigenvalue weighted by Gasteiger charge is 2.29. The Bertz CT molecular complexity index is 1550. The maximum Gasteiger partial charge on any atom is 0.326 e. The van der Waals surface area contributed by atoms with Crippen LogP contribution in [0.5, 0.6) is 17.2 Å². The van der Waals surface area contributed by atoms with Crippen molar-refractivity contribution in [2.24, 2.45) is 0 Å². The smallest absolute Gasteiger partial charge is 0.326 e. The van der Waals surface area contributed by atoms with Crippen LogP contribution in [-0.2, 0) is 40.0 Å². The molecular weight excluding hydrogens is 934 g/mol. The number of halogens is 2. The number of rotatable bonds is 25. The molecule has 19 nitrogen and oxygen atoms in total. The topological polar surface area (TPSA) is 292 Å². The lowest BCUT2D eigenvalue weighted by Crippen LogP contribution is -2.50. The van der Waals surface area contributed by atoms with Gasteiger partial charge in [-0.15, -0.1) is 0 Å². The van der Waals surface area contributed by atoms with Gasteiger partial charge in [0, 0.05) is 39.0 Å². The Morgan fingerprint density at radius 1 is 0.679 bits per heavy atom. The molecule has 0 heterocycles. The summed E-state index contributed by atoms with van der Waals surface area (Å²) in [7, 11) is 0. The average Bonchev–Trinajstić information content (AvgIpc) is 3.02. The van der Waals surface area contributed by atoms with Crippen LogP contribution in [0.2, 0.25) is 0 Å². The molecule has 0 fully saturated rings. The number of ether oxygens (including phenoxy) is 1. The number of benzene rings is 2. The van der Waals surface area contributed by atoms with Crippen molar-refractivity contribution in [2.75, 3.05) is 52.4 Å². The lowest BCUT2D eigenvalue weighted by atomic mass is 10.0. The number of carboxylic acid groups (broad SMARTS) is 6. The Hall–Kier alpha value is -4.33. The zero-order chi connectivity index (χ0) is 39.8. The normalized spacial score (nSPS) is 12.3. The summed E-state index contributed by atoms with van der Waals surface area (Å²) in [5.74, 6) is -8.02. The number of aromatic hydroxyl groups is 1. The first-order valence-corrected chi connectivity index (χ1v) is 17.8. The van der Waals surface area contributed by atoms with Crippen LogP contribution in [0.25, 0.3) is 0 Å². The third-order valence-electron chi connectivity index (χ3n) is 7.40. The molecule has 1 unspecified atom stereocenters. The highest BCUT2D eigenvalue weighted by atomic mass is 127. The predicted molar refractivity (Wildman–Crippen MR) is 199 cm³/mol. The molecule has 0 saturated carbocycles. The fourth-order valence-electron chi connectivity index (χ4n) is 5.05. The van der Waals surface area contributed by atoms with E-state index in [2.05, 4.69) is 5.32 Å². The molecule has 0 spiro atoms. The summed E-state index contributed by atoms with van der Waals surface area (Å²) in [5.41, 5.74) is 0.540. The quantitative estimate of drug-likeness (QED) is 0.0644. The van der Waals surface area contributed by atoms with Gasteiger partial charge in [-0.3, -0.25) is 43.5 Å². The standard InChI is InChI=1S/C32H38I2N4O15/c33-21-11-18(12-22(34)30(21)53-20-3-1-19(39)2-4-20)13-23(31(49)50)35-25(40)6-5-24(32(51)52)38(9-7-36(14-26(41)42)15-27(43)44)10-8-37(16-28(45)46)17-29(47)48/h1-4,11-12,23-24,39H,5-10,13-17H2,(H,35,40)(H,41,42)(H,43,44)(H,45,46)(H,47,48)(H,49,50)(H,51,52)/t23-,24?/m0/s1. The third kappa shape index (κ3) is 16.9. The number of nitrogens with zero attached hydrogens (tertiary/aromatic N) is 3. The van der Waals surface area contributed by atoms with Crippen molar-refractivity contribution < 1.29 is 74.0 Å². The largest absolute Gasteiger partial charge is 0.508 e. The summed E-state index contributed by atoms with van der Waals surface area (Å²) in [6.07, 6.45) is -1.04. The second-order valence-electron chi connectivity index (χ2n) is 11.6. The number of hydrogen-bond donors (Lipinski definition) is 8. The van der Waals surface area contributed by atoms with Crippen molar-refractivity contribution in [2.45, 2.75) is 31.3 Å². The second kappa shape index (κ2) is 22.0. The fraction of sp³-hybridized carbons (Fsp3) is 0.406. The predicted octanol–water partition coefficient (Wildman–Crippen LogP) is 0.983. The number of aliphatic carboxylic acids is 6. The molecular formula is C32H38I2N4O15. The van der Waals surface area contributed by atoms with Gasteiger partial charge in [0.05, 0.1) is 33.3 Å². The van der Waals surface area contributed by atoms with Crippen LogP contribution < -0.4 is 10.1 Å². The molecule has 21 heteroatoms. The van der Waals surface area contributed by atoms with Gasteiger partial charge in [-0.2, -0.15) is 0 Å². The lowest BCUT2D eigenvalue weighted by molar-refractivity contribution is -0.146. The van der Waals surface area contributed by atoms with E-state index in [1.165, 1.54) is 17.0 Å². The maximum absolute atomic E-state index is 13.0. The summed E-state index contributed by atoms with van der Waals surface area (Å²) in [6, 6.07) is 6.50. The Labute approximate surface area is 329 Å². The minimum atomic E-state index is -1.48. The molecule has 2 aromatic rings. The number of carboxylic acids is 6. The molecule has 290 valence electrons. The number of hydrogen-bond acceptors (Lipinski definition) is 12. The van der Waals surface area contributed by atoms with Crippen molar-refractivity contribution in [1.29, 1.82) is 0 Å². The Morgan fingerprint density at radius 2 is 1.13 bits per heavy atom. The van der Waals surface area contributed by atoms with E-state index in [0.717, 1.165) is 9.80 Å². The molecule has 0 aliphatic carbocycles.